The van der Waals surface area contributed by atoms with Crippen molar-refractivity contribution in [2.45, 2.75) is 33.4 Å². The molecule has 4 heteroatoms. The highest BCUT2D eigenvalue weighted by Crippen LogP contribution is 2.36. The summed E-state index contributed by atoms with van der Waals surface area (Å²) >= 11 is 0. The average Bonchev–Trinajstić information content (AvgIpc) is 2.13. The Bertz CT molecular complexity index is 295. The Labute approximate surface area is 89.9 Å². The first-order valence-corrected chi connectivity index (χ1v) is 5.17. The molecule has 0 unspecified atom stereocenters. The molecule has 1 aliphatic heterocycles. The molecule has 1 saturated heterocycles. The number of amides is 1. The van der Waals surface area contributed by atoms with Crippen molar-refractivity contribution in [1.82, 2.24) is 4.90 Å². The van der Waals surface area contributed by atoms with Crippen molar-refractivity contribution in [3.63, 3.8) is 0 Å². The minimum atomic E-state index is -0.989. The zero-order valence-corrected chi connectivity index (χ0v) is 9.46. The molecule has 0 aromatic heterocycles. The normalized spacial score (nSPS) is 29.7. The number of nitriles is 1. The fraction of sp³-hybridized carbons (Fsp3) is 0.818. The number of piperidine rings is 1. The molecule has 0 saturated carbocycles. The van der Waals surface area contributed by atoms with Crippen LogP contribution < -0.4 is 0 Å². The van der Waals surface area contributed by atoms with Gasteiger partial charge in [0.05, 0.1) is 12.6 Å². The summed E-state index contributed by atoms with van der Waals surface area (Å²) in [5.74, 6) is -0.316. The van der Waals surface area contributed by atoms with Crippen LogP contribution in [0.5, 0.6) is 0 Å². The van der Waals surface area contributed by atoms with E-state index in [9.17, 15) is 9.18 Å². The quantitative estimate of drug-likeness (QED) is 0.664. The summed E-state index contributed by atoms with van der Waals surface area (Å²) in [5, 5.41) is 8.42. The third-order valence-electron chi connectivity index (χ3n) is 3.35. The summed E-state index contributed by atoms with van der Waals surface area (Å²) in [6, 6.07) is 1.80. The average molecular weight is 212 g/mol. The van der Waals surface area contributed by atoms with Gasteiger partial charge >= 0.3 is 0 Å². The zero-order chi connectivity index (χ0) is 11.6. The summed E-state index contributed by atoms with van der Waals surface area (Å²) in [4.78, 5) is 12.9. The number of hydrogen-bond acceptors (Lipinski definition) is 2. The van der Waals surface area contributed by atoms with Gasteiger partial charge in [0.1, 0.15) is 12.6 Å². The molecule has 0 aliphatic carbocycles. The van der Waals surface area contributed by atoms with Gasteiger partial charge in [0.15, 0.2) is 0 Å². The molecular weight excluding hydrogens is 195 g/mol. The molecule has 0 spiro atoms. The van der Waals surface area contributed by atoms with Gasteiger partial charge in [-0.1, -0.05) is 20.8 Å². The smallest absolute Gasteiger partial charge is 0.236 e. The van der Waals surface area contributed by atoms with Crippen molar-refractivity contribution in [2.75, 3.05) is 13.1 Å². The predicted octanol–water partition coefficient (Wildman–Crippen LogP) is 1.74. The number of carbonyl (C=O) groups is 1. The van der Waals surface area contributed by atoms with Crippen molar-refractivity contribution in [3.05, 3.63) is 0 Å². The van der Waals surface area contributed by atoms with Crippen molar-refractivity contribution in [1.29, 1.82) is 5.26 Å². The number of rotatable bonds is 1. The first kappa shape index (κ1) is 12.0. The minimum Gasteiger partial charge on any atom is -0.338 e. The lowest BCUT2D eigenvalue weighted by Crippen LogP contribution is -2.53. The molecule has 0 N–H and O–H groups in total. The Morgan fingerprint density at radius 3 is 2.73 bits per heavy atom. The number of likely N-dealkylation sites (tertiary alicyclic amines) is 1. The number of halogens is 1. The Balaban J connectivity index is 2.73. The van der Waals surface area contributed by atoms with Gasteiger partial charge in [-0.05, 0) is 11.3 Å². The second-order valence-electron chi connectivity index (χ2n) is 4.90. The van der Waals surface area contributed by atoms with Crippen LogP contribution in [0.4, 0.5) is 4.39 Å². The Kier molecular flexibility index (Phi) is 3.33. The topological polar surface area (TPSA) is 44.1 Å². The lowest BCUT2D eigenvalue weighted by atomic mass is 9.74. The third kappa shape index (κ3) is 2.47. The maximum absolute atomic E-state index is 13.6. The largest absolute Gasteiger partial charge is 0.338 e. The van der Waals surface area contributed by atoms with E-state index in [4.69, 9.17) is 5.26 Å². The van der Waals surface area contributed by atoms with Crippen LogP contribution in [0.1, 0.15) is 27.2 Å². The van der Waals surface area contributed by atoms with E-state index in [1.807, 2.05) is 20.8 Å². The maximum atomic E-state index is 13.6. The molecule has 0 radical (unpaired) electrons. The second kappa shape index (κ2) is 4.18. The van der Waals surface area contributed by atoms with Gasteiger partial charge in [-0.2, -0.15) is 5.26 Å². The van der Waals surface area contributed by atoms with Gasteiger partial charge in [-0.3, -0.25) is 4.79 Å². The molecule has 0 bridgehead atoms. The van der Waals surface area contributed by atoms with Gasteiger partial charge in [-0.15, -0.1) is 0 Å². The van der Waals surface area contributed by atoms with E-state index in [1.54, 1.807) is 6.07 Å². The molecule has 84 valence electrons. The van der Waals surface area contributed by atoms with Gasteiger partial charge in [0.25, 0.3) is 0 Å². The fourth-order valence-corrected chi connectivity index (χ4v) is 1.93. The van der Waals surface area contributed by atoms with Gasteiger partial charge in [0, 0.05) is 6.54 Å². The fourth-order valence-electron chi connectivity index (χ4n) is 1.93. The first-order valence-electron chi connectivity index (χ1n) is 5.17. The van der Waals surface area contributed by atoms with E-state index >= 15 is 0 Å². The third-order valence-corrected chi connectivity index (χ3v) is 3.35. The minimum absolute atomic E-state index is 0.0522. The van der Waals surface area contributed by atoms with Crippen LogP contribution in [0.2, 0.25) is 0 Å². The molecule has 1 heterocycles. The molecule has 0 aromatic carbocycles. The van der Waals surface area contributed by atoms with Crippen molar-refractivity contribution in [3.8, 4) is 6.07 Å². The summed E-state index contributed by atoms with van der Waals surface area (Å²) in [5.41, 5.74) is -0.219. The molecule has 1 aliphatic rings. The number of nitrogens with zero attached hydrogens (tertiary/aromatic N) is 2. The van der Waals surface area contributed by atoms with Gasteiger partial charge in [-0.25, -0.2) is 4.39 Å². The Morgan fingerprint density at radius 2 is 2.27 bits per heavy atom. The highest BCUT2D eigenvalue weighted by Gasteiger charge is 2.40. The number of carbonyl (C=O) groups excluding carboxylic acids is 1. The lowest BCUT2D eigenvalue weighted by molar-refractivity contribution is -0.137. The summed E-state index contributed by atoms with van der Waals surface area (Å²) in [7, 11) is 0. The van der Waals surface area contributed by atoms with E-state index in [2.05, 4.69) is 0 Å². The summed E-state index contributed by atoms with van der Waals surface area (Å²) < 4.78 is 13.6. The first-order chi connectivity index (χ1) is 6.88. The molecule has 15 heavy (non-hydrogen) atoms. The highest BCUT2D eigenvalue weighted by atomic mass is 19.1. The zero-order valence-electron chi connectivity index (χ0n) is 9.46. The van der Waals surface area contributed by atoms with Crippen molar-refractivity contribution < 1.29 is 9.18 Å². The molecule has 3 nitrogen and oxygen atoms in total. The molecule has 1 amide bonds. The Morgan fingerprint density at radius 1 is 1.67 bits per heavy atom. The van der Waals surface area contributed by atoms with Crippen LogP contribution in [0.3, 0.4) is 0 Å². The van der Waals surface area contributed by atoms with E-state index in [1.165, 1.54) is 4.90 Å². The summed E-state index contributed by atoms with van der Waals surface area (Å²) in [6.45, 7) is 6.45. The van der Waals surface area contributed by atoms with Crippen LogP contribution in [0, 0.1) is 22.7 Å². The predicted molar refractivity (Wildman–Crippen MR) is 54.7 cm³/mol. The van der Waals surface area contributed by atoms with Gasteiger partial charge < -0.3 is 4.90 Å². The molecule has 1 rings (SSSR count). The van der Waals surface area contributed by atoms with Crippen LogP contribution in [-0.2, 0) is 4.79 Å². The standard InChI is InChI=1S/C11H17FN2O/c1-8-9(12)6-14(7-11(8,2)3)10(15)4-5-13/h8-9H,4,6-7H2,1-3H3/t8-,9-/m1/s1. The maximum Gasteiger partial charge on any atom is 0.236 e. The van der Waals surface area contributed by atoms with E-state index < -0.39 is 6.17 Å². The van der Waals surface area contributed by atoms with Crippen LogP contribution in [0.25, 0.3) is 0 Å². The van der Waals surface area contributed by atoms with Crippen LogP contribution in [0.15, 0.2) is 0 Å². The van der Waals surface area contributed by atoms with Crippen molar-refractivity contribution in [2.24, 2.45) is 11.3 Å². The summed E-state index contributed by atoms with van der Waals surface area (Å²) in [6.07, 6.45) is -1.15. The second-order valence-corrected chi connectivity index (χ2v) is 4.90. The monoisotopic (exact) mass is 212 g/mol. The lowest BCUT2D eigenvalue weighted by Gasteiger charge is -2.44. The Hall–Kier alpha value is -1.11. The molecule has 0 aromatic rings. The SMILES string of the molecule is C[C@@H]1[C@H](F)CN(C(=O)CC#N)CC1(C)C. The number of hydrogen-bond donors (Lipinski definition) is 0. The highest BCUT2D eigenvalue weighted by molar-refractivity contribution is 5.78. The van der Waals surface area contributed by atoms with Crippen LogP contribution in [-0.4, -0.2) is 30.1 Å². The molecule has 1 fully saturated rings. The van der Waals surface area contributed by atoms with E-state index in [-0.39, 0.29) is 30.2 Å². The van der Waals surface area contributed by atoms with E-state index in [0.29, 0.717) is 6.54 Å². The van der Waals surface area contributed by atoms with Crippen molar-refractivity contribution >= 4 is 5.91 Å². The van der Waals surface area contributed by atoms with E-state index in [0.717, 1.165) is 0 Å². The molecule has 2 atom stereocenters. The van der Waals surface area contributed by atoms with Gasteiger partial charge in [0.2, 0.25) is 5.91 Å². The number of alkyl halides is 1. The molecular formula is C11H17FN2O. The van der Waals surface area contributed by atoms with Crippen LogP contribution >= 0.6 is 0 Å².